The number of hydrogen-bond donors (Lipinski definition) is 1. The number of nitrogens with one attached hydrogen (secondary N) is 1. The third-order valence-corrected chi connectivity index (χ3v) is 4.17. The molecule has 18 heavy (non-hydrogen) atoms. The average Bonchev–Trinajstić information content (AvgIpc) is 2.36. The number of hydrogen-bond acceptors (Lipinski definition) is 2. The Bertz CT molecular complexity index is 394. The van der Waals surface area contributed by atoms with Gasteiger partial charge < -0.3 is 10.1 Å². The summed E-state index contributed by atoms with van der Waals surface area (Å²) in [6.45, 7) is 3.08. The van der Waals surface area contributed by atoms with Crippen molar-refractivity contribution in [2.24, 2.45) is 0 Å². The monoisotopic (exact) mass is 311 g/mol. The molecule has 2 unspecified atom stereocenters. The smallest absolute Gasteiger partial charge is 0.0476 e. The molecule has 0 amide bonds. The standard InChI is InChI=1S/C15H22BrNO/c1-11(7-8-18-2)17-15-6-4-12-9-14(16)5-3-13(12)10-15/h3,5,9,11,15,17H,4,6-8,10H2,1-2H3. The first-order chi connectivity index (χ1) is 8.69. The predicted molar refractivity (Wildman–Crippen MR) is 79.0 cm³/mol. The second-order valence-corrected chi connectivity index (χ2v) is 6.12. The number of methoxy groups -OCH3 is 1. The largest absolute Gasteiger partial charge is 0.385 e. The van der Waals surface area contributed by atoms with Crippen molar-refractivity contribution in [3.8, 4) is 0 Å². The third-order valence-electron chi connectivity index (χ3n) is 3.67. The Kier molecular flexibility index (Phi) is 5.22. The molecule has 0 aromatic heterocycles. The van der Waals surface area contributed by atoms with Crippen LogP contribution in [0.15, 0.2) is 22.7 Å². The van der Waals surface area contributed by atoms with Crippen molar-refractivity contribution in [3.63, 3.8) is 0 Å². The fourth-order valence-electron chi connectivity index (χ4n) is 2.65. The van der Waals surface area contributed by atoms with Gasteiger partial charge in [-0.15, -0.1) is 0 Å². The first-order valence-corrected chi connectivity index (χ1v) is 7.50. The van der Waals surface area contributed by atoms with Gasteiger partial charge in [-0.3, -0.25) is 0 Å². The molecule has 2 nitrogen and oxygen atoms in total. The second kappa shape index (κ2) is 6.69. The molecule has 0 fully saturated rings. The van der Waals surface area contributed by atoms with Crippen LogP contribution >= 0.6 is 15.9 Å². The number of fused-ring (bicyclic) bond motifs is 1. The van der Waals surface area contributed by atoms with E-state index in [1.54, 1.807) is 7.11 Å². The molecule has 0 saturated carbocycles. The van der Waals surface area contributed by atoms with E-state index >= 15 is 0 Å². The van der Waals surface area contributed by atoms with Gasteiger partial charge in [-0.25, -0.2) is 0 Å². The van der Waals surface area contributed by atoms with Crippen LogP contribution in [0.5, 0.6) is 0 Å². The topological polar surface area (TPSA) is 21.3 Å². The first kappa shape index (κ1) is 14.0. The van der Waals surface area contributed by atoms with Crippen LogP contribution in [-0.2, 0) is 17.6 Å². The molecule has 0 heterocycles. The molecule has 0 spiro atoms. The van der Waals surface area contributed by atoms with E-state index in [9.17, 15) is 0 Å². The van der Waals surface area contributed by atoms with Gasteiger partial charge in [0.25, 0.3) is 0 Å². The lowest BCUT2D eigenvalue weighted by molar-refractivity contribution is 0.182. The Balaban J connectivity index is 1.89. The van der Waals surface area contributed by atoms with Crippen LogP contribution in [0.2, 0.25) is 0 Å². The highest BCUT2D eigenvalue weighted by Crippen LogP contribution is 2.25. The van der Waals surface area contributed by atoms with Crippen molar-refractivity contribution >= 4 is 15.9 Å². The van der Waals surface area contributed by atoms with Gasteiger partial charge in [0, 0.05) is 30.3 Å². The van der Waals surface area contributed by atoms with Crippen LogP contribution < -0.4 is 5.32 Å². The molecule has 1 N–H and O–H groups in total. The van der Waals surface area contributed by atoms with Gasteiger partial charge in [-0.2, -0.15) is 0 Å². The highest BCUT2D eigenvalue weighted by atomic mass is 79.9. The molecule has 0 saturated heterocycles. The Morgan fingerprint density at radius 2 is 2.28 bits per heavy atom. The lowest BCUT2D eigenvalue weighted by Gasteiger charge is -2.28. The minimum Gasteiger partial charge on any atom is -0.385 e. The fraction of sp³-hybridized carbons (Fsp3) is 0.600. The minimum atomic E-state index is 0.534. The maximum absolute atomic E-state index is 5.13. The van der Waals surface area contributed by atoms with Crippen LogP contribution in [0.1, 0.15) is 30.9 Å². The summed E-state index contributed by atoms with van der Waals surface area (Å²) >= 11 is 3.54. The zero-order chi connectivity index (χ0) is 13.0. The predicted octanol–water partition coefficient (Wildman–Crippen LogP) is 3.32. The number of halogens is 1. The number of ether oxygens (including phenoxy) is 1. The molecule has 0 bridgehead atoms. The average molecular weight is 312 g/mol. The zero-order valence-corrected chi connectivity index (χ0v) is 12.8. The van der Waals surface area contributed by atoms with E-state index in [0.29, 0.717) is 12.1 Å². The maximum atomic E-state index is 5.13. The summed E-state index contributed by atoms with van der Waals surface area (Å²) < 4.78 is 6.32. The van der Waals surface area contributed by atoms with E-state index in [-0.39, 0.29) is 0 Å². The fourth-order valence-corrected chi connectivity index (χ4v) is 3.05. The lowest BCUT2D eigenvalue weighted by Crippen LogP contribution is -2.40. The van der Waals surface area contributed by atoms with Crippen LogP contribution in [0.4, 0.5) is 0 Å². The molecule has 3 heteroatoms. The Labute approximate surface area is 118 Å². The summed E-state index contributed by atoms with van der Waals surface area (Å²) in [5, 5.41) is 3.72. The van der Waals surface area contributed by atoms with Gasteiger partial charge in [0.15, 0.2) is 0 Å². The van der Waals surface area contributed by atoms with E-state index < -0.39 is 0 Å². The lowest BCUT2D eigenvalue weighted by atomic mass is 9.88. The van der Waals surface area contributed by atoms with Gasteiger partial charge in [-0.05, 0) is 55.9 Å². The van der Waals surface area contributed by atoms with E-state index in [1.807, 2.05) is 0 Å². The van der Waals surface area contributed by atoms with Gasteiger partial charge in [0.05, 0.1) is 0 Å². The van der Waals surface area contributed by atoms with Gasteiger partial charge in [-0.1, -0.05) is 22.0 Å². The van der Waals surface area contributed by atoms with E-state index in [0.717, 1.165) is 19.4 Å². The summed E-state index contributed by atoms with van der Waals surface area (Å²) in [6.07, 6.45) is 4.66. The van der Waals surface area contributed by atoms with Crippen molar-refractivity contribution < 1.29 is 4.74 Å². The molecule has 1 aliphatic rings. The van der Waals surface area contributed by atoms with E-state index in [4.69, 9.17) is 4.74 Å². The summed E-state index contributed by atoms with van der Waals surface area (Å²) in [7, 11) is 1.77. The van der Waals surface area contributed by atoms with Crippen molar-refractivity contribution in [2.75, 3.05) is 13.7 Å². The van der Waals surface area contributed by atoms with Crippen molar-refractivity contribution in [1.29, 1.82) is 0 Å². The first-order valence-electron chi connectivity index (χ1n) is 6.71. The molecule has 2 atom stereocenters. The quantitative estimate of drug-likeness (QED) is 0.900. The van der Waals surface area contributed by atoms with Gasteiger partial charge in [0.1, 0.15) is 0 Å². The molecule has 0 aliphatic heterocycles. The van der Waals surface area contributed by atoms with Crippen LogP contribution in [0.3, 0.4) is 0 Å². The second-order valence-electron chi connectivity index (χ2n) is 5.20. The Hall–Kier alpha value is -0.380. The Morgan fingerprint density at radius 3 is 3.06 bits per heavy atom. The van der Waals surface area contributed by atoms with Gasteiger partial charge in [0.2, 0.25) is 0 Å². The summed E-state index contributed by atoms with van der Waals surface area (Å²) in [5.74, 6) is 0. The minimum absolute atomic E-state index is 0.534. The van der Waals surface area contributed by atoms with E-state index in [2.05, 4.69) is 46.4 Å². The SMILES string of the molecule is COCCC(C)NC1CCc2cc(Br)ccc2C1. The van der Waals surface area contributed by atoms with Gasteiger partial charge >= 0.3 is 0 Å². The molecule has 1 aromatic carbocycles. The number of rotatable bonds is 5. The molecule has 1 aromatic rings. The molecule has 0 radical (unpaired) electrons. The maximum Gasteiger partial charge on any atom is 0.0476 e. The summed E-state index contributed by atoms with van der Waals surface area (Å²) in [6, 6.07) is 7.82. The van der Waals surface area contributed by atoms with Crippen LogP contribution in [0, 0.1) is 0 Å². The molecule has 2 rings (SSSR count). The summed E-state index contributed by atoms with van der Waals surface area (Å²) in [4.78, 5) is 0. The molecular formula is C15H22BrNO. The number of benzene rings is 1. The Morgan fingerprint density at radius 1 is 1.44 bits per heavy atom. The van der Waals surface area contributed by atoms with Crippen LogP contribution in [-0.4, -0.2) is 25.8 Å². The normalized spacial score (nSPS) is 20.5. The zero-order valence-electron chi connectivity index (χ0n) is 11.2. The number of aryl methyl sites for hydroxylation is 1. The highest BCUT2D eigenvalue weighted by Gasteiger charge is 2.19. The highest BCUT2D eigenvalue weighted by molar-refractivity contribution is 9.10. The van der Waals surface area contributed by atoms with Crippen molar-refractivity contribution in [1.82, 2.24) is 5.32 Å². The van der Waals surface area contributed by atoms with Crippen molar-refractivity contribution in [3.05, 3.63) is 33.8 Å². The third kappa shape index (κ3) is 3.81. The van der Waals surface area contributed by atoms with Crippen LogP contribution in [0.25, 0.3) is 0 Å². The molecule has 1 aliphatic carbocycles. The van der Waals surface area contributed by atoms with E-state index in [1.165, 1.54) is 28.4 Å². The molecule has 100 valence electrons. The summed E-state index contributed by atoms with van der Waals surface area (Å²) in [5.41, 5.74) is 3.01. The van der Waals surface area contributed by atoms with Crippen molar-refractivity contribution in [2.45, 2.75) is 44.7 Å². The molecular weight excluding hydrogens is 290 g/mol.